The molecular formula is C17H26O3Si. The summed E-state index contributed by atoms with van der Waals surface area (Å²) in [4.78, 5) is 0. The Labute approximate surface area is 128 Å². The predicted octanol–water partition coefficient (Wildman–Crippen LogP) is 3.37. The summed E-state index contributed by atoms with van der Waals surface area (Å²) in [6.45, 7) is 5.63. The molecule has 116 valence electrons. The predicted molar refractivity (Wildman–Crippen MR) is 79.6 cm³/mol. The Hall–Kier alpha value is 0.0969. The summed E-state index contributed by atoms with van der Waals surface area (Å²) in [5.41, 5.74) is 1.12. The van der Waals surface area contributed by atoms with Gasteiger partial charge in [0.1, 0.15) is 0 Å². The Kier molecular flexibility index (Phi) is 1.97. The number of hydrogen-bond donors (Lipinski definition) is 0. The second-order valence-corrected chi connectivity index (χ2v) is 11.2. The minimum atomic E-state index is -2.37. The maximum atomic E-state index is 6.99. The molecule has 4 heteroatoms. The van der Waals surface area contributed by atoms with E-state index in [-0.39, 0.29) is 5.60 Å². The molecule has 3 nitrogen and oxygen atoms in total. The summed E-state index contributed by atoms with van der Waals surface area (Å²) in [6, 6.07) is 1.03. The highest BCUT2D eigenvalue weighted by atomic mass is 28.4. The Morgan fingerprint density at radius 3 is 2.81 bits per heavy atom. The van der Waals surface area contributed by atoms with Gasteiger partial charge in [0.15, 0.2) is 0 Å². The van der Waals surface area contributed by atoms with Gasteiger partial charge in [0, 0.05) is 29.4 Å². The first-order chi connectivity index (χ1) is 10.2. The van der Waals surface area contributed by atoms with Crippen LogP contribution in [0.5, 0.6) is 0 Å². The van der Waals surface area contributed by atoms with Gasteiger partial charge in [-0.15, -0.1) is 0 Å². The van der Waals surface area contributed by atoms with Crippen molar-refractivity contribution in [3.63, 3.8) is 0 Å². The molecule has 2 spiro atoms. The van der Waals surface area contributed by atoms with Crippen LogP contribution in [-0.4, -0.2) is 27.1 Å². The third-order valence-electron chi connectivity index (χ3n) is 8.66. The molecule has 8 unspecified atom stereocenters. The van der Waals surface area contributed by atoms with Gasteiger partial charge >= 0.3 is 8.80 Å². The summed E-state index contributed by atoms with van der Waals surface area (Å²) in [7, 11) is -2.37. The van der Waals surface area contributed by atoms with Crippen LogP contribution in [-0.2, 0) is 13.3 Å². The third kappa shape index (κ3) is 0.888. The zero-order valence-electron chi connectivity index (χ0n) is 13.2. The van der Waals surface area contributed by atoms with Crippen molar-refractivity contribution >= 4 is 8.80 Å². The lowest BCUT2D eigenvalue weighted by Crippen LogP contribution is -2.99. The first kappa shape index (κ1) is 12.5. The average molecular weight is 306 g/mol. The van der Waals surface area contributed by atoms with E-state index in [4.69, 9.17) is 13.3 Å². The summed E-state index contributed by atoms with van der Waals surface area (Å²) >= 11 is 0. The molecule has 6 rings (SSSR count). The molecule has 0 aromatic carbocycles. The van der Waals surface area contributed by atoms with Crippen molar-refractivity contribution < 1.29 is 13.3 Å². The van der Waals surface area contributed by atoms with Crippen molar-refractivity contribution in [1.82, 2.24) is 0 Å². The van der Waals surface area contributed by atoms with E-state index in [1.807, 2.05) is 0 Å². The zero-order chi connectivity index (χ0) is 14.1. The minimum absolute atomic E-state index is 0.196. The normalized spacial score (nSPS) is 68.3. The van der Waals surface area contributed by atoms with Crippen LogP contribution in [0.4, 0.5) is 0 Å². The van der Waals surface area contributed by atoms with Crippen LogP contribution in [0.2, 0.25) is 6.04 Å². The number of rotatable bonds is 3. The molecule has 8 atom stereocenters. The highest BCUT2D eigenvalue weighted by Crippen LogP contribution is 2.93. The van der Waals surface area contributed by atoms with E-state index in [9.17, 15) is 0 Å². The van der Waals surface area contributed by atoms with Gasteiger partial charge in [0.2, 0.25) is 0 Å². The number of hydrogen-bond acceptors (Lipinski definition) is 3. The Bertz CT molecular complexity index is 536. The van der Waals surface area contributed by atoms with Gasteiger partial charge in [0.05, 0.1) is 11.7 Å². The number of fused-ring (bicyclic) bond motifs is 3. The fourth-order valence-corrected chi connectivity index (χ4v) is 11.8. The van der Waals surface area contributed by atoms with Gasteiger partial charge in [-0.1, -0.05) is 20.3 Å². The first-order valence-corrected chi connectivity index (χ1v) is 11.1. The summed E-state index contributed by atoms with van der Waals surface area (Å²) in [5, 5.41) is 0. The van der Waals surface area contributed by atoms with Gasteiger partial charge in [0.25, 0.3) is 0 Å². The van der Waals surface area contributed by atoms with Crippen molar-refractivity contribution in [3.05, 3.63) is 0 Å². The molecule has 0 aromatic rings. The van der Waals surface area contributed by atoms with E-state index >= 15 is 0 Å². The van der Waals surface area contributed by atoms with Gasteiger partial charge < -0.3 is 13.3 Å². The molecule has 0 amide bonds. The second-order valence-electron chi connectivity index (χ2n) is 8.57. The SMILES string of the molecule is CCC[Si]12OCC34CCC3C3(CC)C5CCC(O1)C5C43O2. The maximum Gasteiger partial charge on any atom is 0.501 e. The highest BCUT2D eigenvalue weighted by molar-refractivity contribution is 6.61. The van der Waals surface area contributed by atoms with E-state index in [1.165, 1.54) is 32.1 Å². The maximum absolute atomic E-state index is 6.99. The molecule has 2 aliphatic heterocycles. The third-order valence-corrected chi connectivity index (χ3v) is 11.7. The lowest BCUT2D eigenvalue weighted by molar-refractivity contribution is -0.502. The van der Waals surface area contributed by atoms with Crippen molar-refractivity contribution in [1.29, 1.82) is 0 Å². The lowest BCUT2D eigenvalue weighted by Gasteiger charge is -2.93. The molecule has 0 radical (unpaired) electrons. The molecule has 4 aliphatic carbocycles. The topological polar surface area (TPSA) is 27.7 Å². The van der Waals surface area contributed by atoms with Crippen LogP contribution in [0, 0.1) is 28.6 Å². The van der Waals surface area contributed by atoms with E-state index in [2.05, 4.69) is 13.8 Å². The van der Waals surface area contributed by atoms with Crippen LogP contribution in [0.1, 0.15) is 52.4 Å². The van der Waals surface area contributed by atoms with Gasteiger partial charge in [-0.25, -0.2) is 0 Å². The van der Waals surface area contributed by atoms with Crippen molar-refractivity contribution in [3.8, 4) is 0 Å². The monoisotopic (exact) mass is 306 g/mol. The van der Waals surface area contributed by atoms with Crippen LogP contribution in [0.25, 0.3) is 0 Å². The fraction of sp³-hybridized carbons (Fsp3) is 1.00. The van der Waals surface area contributed by atoms with Crippen LogP contribution < -0.4 is 0 Å². The molecule has 6 aliphatic rings. The van der Waals surface area contributed by atoms with E-state index in [0.29, 0.717) is 16.9 Å². The molecule has 2 bridgehead atoms. The average Bonchev–Trinajstić information content (AvgIpc) is 2.85. The molecule has 21 heavy (non-hydrogen) atoms. The standard InChI is InChI=1S/C17H26O3Si/c1-3-9-21-18-10-15-8-7-13(15)16(4-2)11-5-6-12(19-21)14(11)17(15,16)20-21/h11-14H,3-10H2,1-2H3. The van der Waals surface area contributed by atoms with Gasteiger partial charge in [-0.2, -0.15) is 0 Å². The first-order valence-electron chi connectivity index (χ1n) is 9.22. The molecular weight excluding hydrogens is 280 g/mol. The minimum Gasteiger partial charge on any atom is -0.373 e. The Balaban J connectivity index is 1.53. The molecule has 0 aromatic heterocycles. The molecule has 2 saturated heterocycles. The fourth-order valence-electron chi connectivity index (χ4n) is 8.38. The quantitative estimate of drug-likeness (QED) is 0.748. The van der Waals surface area contributed by atoms with Crippen LogP contribution >= 0.6 is 0 Å². The van der Waals surface area contributed by atoms with E-state index < -0.39 is 8.80 Å². The largest absolute Gasteiger partial charge is 0.501 e. The van der Waals surface area contributed by atoms with Crippen molar-refractivity contribution in [2.24, 2.45) is 28.6 Å². The molecule has 0 N–H and O–H groups in total. The summed E-state index contributed by atoms with van der Waals surface area (Å²) in [6.07, 6.45) is 8.36. The van der Waals surface area contributed by atoms with E-state index in [0.717, 1.165) is 36.8 Å². The molecule has 4 saturated carbocycles. The summed E-state index contributed by atoms with van der Waals surface area (Å²) < 4.78 is 20.0. The molecule has 2 heterocycles. The van der Waals surface area contributed by atoms with Crippen LogP contribution in [0.15, 0.2) is 0 Å². The lowest BCUT2D eigenvalue weighted by atomic mass is 9.16. The Morgan fingerprint density at radius 2 is 2.10 bits per heavy atom. The van der Waals surface area contributed by atoms with Crippen molar-refractivity contribution in [2.75, 3.05) is 6.61 Å². The second kappa shape index (κ2) is 3.30. The molecule has 6 fully saturated rings. The Morgan fingerprint density at radius 1 is 1.19 bits per heavy atom. The van der Waals surface area contributed by atoms with Crippen LogP contribution in [0.3, 0.4) is 0 Å². The van der Waals surface area contributed by atoms with Gasteiger partial charge in [-0.3, -0.25) is 0 Å². The van der Waals surface area contributed by atoms with E-state index in [1.54, 1.807) is 0 Å². The van der Waals surface area contributed by atoms with Gasteiger partial charge in [-0.05, 0) is 43.9 Å². The van der Waals surface area contributed by atoms with Crippen molar-refractivity contribution in [2.45, 2.75) is 70.1 Å². The smallest absolute Gasteiger partial charge is 0.373 e. The summed E-state index contributed by atoms with van der Waals surface area (Å²) in [5.74, 6) is 2.52. The zero-order valence-corrected chi connectivity index (χ0v) is 14.2. The highest BCUT2D eigenvalue weighted by Gasteiger charge is 2.97.